The molecule has 28 heavy (non-hydrogen) atoms. The van der Waals surface area contributed by atoms with Crippen molar-refractivity contribution in [3.05, 3.63) is 80.3 Å². The van der Waals surface area contributed by atoms with Crippen molar-refractivity contribution in [2.45, 2.75) is 19.9 Å². The van der Waals surface area contributed by atoms with Gasteiger partial charge in [0.1, 0.15) is 5.82 Å². The van der Waals surface area contributed by atoms with Gasteiger partial charge in [0.15, 0.2) is 0 Å². The van der Waals surface area contributed by atoms with Gasteiger partial charge in [0, 0.05) is 22.7 Å². The molecule has 5 nitrogen and oxygen atoms in total. The molecule has 0 spiro atoms. The van der Waals surface area contributed by atoms with E-state index in [1.54, 1.807) is 41.3 Å². The van der Waals surface area contributed by atoms with Crippen molar-refractivity contribution in [1.82, 2.24) is 14.9 Å². The topological polar surface area (TPSA) is 66.1 Å². The minimum atomic E-state index is -0.253. The van der Waals surface area contributed by atoms with Gasteiger partial charge in [-0.05, 0) is 48.4 Å². The Labute approximate surface area is 172 Å². The number of hydrogen-bond acceptors (Lipinski definition) is 3. The van der Waals surface area contributed by atoms with Crippen LogP contribution in [0.5, 0.6) is 0 Å². The van der Waals surface area contributed by atoms with E-state index in [1.165, 1.54) is 6.08 Å². The third kappa shape index (κ3) is 5.00. The van der Waals surface area contributed by atoms with Gasteiger partial charge in [0.25, 0.3) is 5.56 Å². The molecule has 0 radical (unpaired) electrons. The molecule has 144 valence electrons. The van der Waals surface area contributed by atoms with Crippen LogP contribution >= 0.6 is 23.2 Å². The molecule has 0 fully saturated rings. The van der Waals surface area contributed by atoms with E-state index in [9.17, 15) is 9.59 Å². The Morgan fingerprint density at radius 2 is 1.86 bits per heavy atom. The van der Waals surface area contributed by atoms with E-state index in [4.69, 9.17) is 23.2 Å². The number of fused-ring (bicyclic) bond motifs is 1. The summed E-state index contributed by atoms with van der Waals surface area (Å²) in [7, 11) is 0. The average Bonchev–Trinajstić information content (AvgIpc) is 2.66. The molecular weight excluding hydrogens is 397 g/mol. The van der Waals surface area contributed by atoms with Crippen LogP contribution in [0.4, 0.5) is 0 Å². The Kier molecular flexibility index (Phi) is 6.49. The summed E-state index contributed by atoms with van der Waals surface area (Å²) in [4.78, 5) is 33.8. The lowest BCUT2D eigenvalue weighted by atomic mass is 10.2. The molecule has 0 saturated heterocycles. The van der Waals surface area contributed by atoms with Gasteiger partial charge >= 0.3 is 0 Å². The number of aromatic amines is 1. The maximum atomic E-state index is 12.7. The third-order valence-electron chi connectivity index (χ3n) is 4.15. The van der Waals surface area contributed by atoms with Gasteiger partial charge in [-0.15, -0.1) is 0 Å². The zero-order valence-corrected chi connectivity index (χ0v) is 16.8. The van der Waals surface area contributed by atoms with Crippen molar-refractivity contribution in [3.63, 3.8) is 0 Å². The van der Waals surface area contributed by atoms with Gasteiger partial charge in [-0.2, -0.15) is 0 Å². The first-order valence-electron chi connectivity index (χ1n) is 8.87. The maximum absolute atomic E-state index is 12.7. The molecular formula is C21H19Cl2N3O2. The highest BCUT2D eigenvalue weighted by molar-refractivity contribution is 6.31. The predicted octanol–water partition coefficient (Wildman–Crippen LogP) is 4.68. The van der Waals surface area contributed by atoms with Gasteiger partial charge in [0.2, 0.25) is 5.91 Å². The Balaban J connectivity index is 1.82. The van der Waals surface area contributed by atoms with E-state index in [-0.39, 0.29) is 18.0 Å². The van der Waals surface area contributed by atoms with E-state index < -0.39 is 0 Å². The van der Waals surface area contributed by atoms with E-state index >= 15 is 0 Å². The molecule has 1 heterocycles. The van der Waals surface area contributed by atoms with E-state index in [0.717, 1.165) is 12.0 Å². The predicted molar refractivity (Wildman–Crippen MR) is 114 cm³/mol. The summed E-state index contributed by atoms with van der Waals surface area (Å²) in [5, 5.41) is 1.61. The van der Waals surface area contributed by atoms with E-state index in [0.29, 0.717) is 33.3 Å². The standard InChI is InChI=1S/C21H19Cl2N3O2/c1-2-11-26(20(27)10-5-14-3-6-15(22)7-4-14)13-19-24-18-12-16(23)8-9-17(18)21(28)25-19/h3-10,12H,2,11,13H2,1H3,(H,24,25,28). The summed E-state index contributed by atoms with van der Waals surface area (Å²) < 4.78 is 0. The average molecular weight is 416 g/mol. The first-order valence-corrected chi connectivity index (χ1v) is 9.63. The van der Waals surface area contributed by atoms with Gasteiger partial charge in [0.05, 0.1) is 17.4 Å². The molecule has 1 amide bonds. The fourth-order valence-corrected chi connectivity index (χ4v) is 3.09. The lowest BCUT2D eigenvalue weighted by Gasteiger charge is -2.20. The van der Waals surface area contributed by atoms with Crippen LogP contribution in [-0.4, -0.2) is 27.3 Å². The molecule has 0 unspecified atom stereocenters. The first kappa shape index (κ1) is 20.1. The number of halogens is 2. The molecule has 0 saturated carbocycles. The number of aromatic nitrogens is 2. The van der Waals surface area contributed by atoms with Crippen LogP contribution in [0.2, 0.25) is 10.0 Å². The summed E-state index contributed by atoms with van der Waals surface area (Å²) in [6.07, 6.45) is 4.02. The van der Waals surface area contributed by atoms with Crippen molar-refractivity contribution < 1.29 is 4.79 Å². The Morgan fingerprint density at radius 1 is 1.14 bits per heavy atom. The molecule has 1 aromatic heterocycles. The second-order valence-electron chi connectivity index (χ2n) is 6.32. The molecule has 7 heteroatoms. The number of amides is 1. The van der Waals surface area contributed by atoms with Crippen LogP contribution in [0.25, 0.3) is 17.0 Å². The van der Waals surface area contributed by atoms with Crippen LogP contribution in [0.1, 0.15) is 24.7 Å². The van der Waals surface area contributed by atoms with Gasteiger partial charge in [-0.3, -0.25) is 9.59 Å². The molecule has 0 aliphatic heterocycles. The van der Waals surface area contributed by atoms with Crippen molar-refractivity contribution >= 4 is 46.1 Å². The summed E-state index contributed by atoms with van der Waals surface area (Å²) >= 11 is 11.9. The maximum Gasteiger partial charge on any atom is 0.258 e. The van der Waals surface area contributed by atoms with Crippen molar-refractivity contribution in [3.8, 4) is 0 Å². The monoisotopic (exact) mass is 415 g/mol. The zero-order valence-electron chi connectivity index (χ0n) is 15.3. The number of rotatable bonds is 6. The van der Waals surface area contributed by atoms with Crippen LogP contribution in [0, 0.1) is 0 Å². The summed E-state index contributed by atoms with van der Waals surface area (Å²) in [6, 6.07) is 12.1. The minimum absolute atomic E-state index is 0.161. The largest absolute Gasteiger partial charge is 0.332 e. The highest BCUT2D eigenvalue weighted by atomic mass is 35.5. The van der Waals surface area contributed by atoms with Gasteiger partial charge in [-0.1, -0.05) is 42.3 Å². The summed E-state index contributed by atoms with van der Waals surface area (Å²) in [5.41, 5.74) is 1.13. The molecule has 0 atom stereocenters. The highest BCUT2D eigenvalue weighted by Gasteiger charge is 2.13. The Hall–Kier alpha value is -2.63. The van der Waals surface area contributed by atoms with Crippen LogP contribution < -0.4 is 5.56 Å². The van der Waals surface area contributed by atoms with Gasteiger partial charge in [-0.25, -0.2) is 4.98 Å². The second-order valence-corrected chi connectivity index (χ2v) is 7.19. The number of nitrogens with zero attached hydrogens (tertiary/aromatic N) is 2. The second kappa shape index (κ2) is 9.04. The number of carbonyl (C=O) groups is 1. The molecule has 2 aromatic carbocycles. The van der Waals surface area contributed by atoms with Crippen molar-refractivity contribution in [1.29, 1.82) is 0 Å². The molecule has 0 bridgehead atoms. The number of hydrogen-bond donors (Lipinski definition) is 1. The number of benzene rings is 2. The first-order chi connectivity index (χ1) is 13.5. The lowest BCUT2D eigenvalue weighted by molar-refractivity contribution is -0.126. The zero-order chi connectivity index (χ0) is 20.1. The van der Waals surface area contributed by atoms with Crippen LogP contribution in [0.15, 0.2) is 53.3 Å². The third-order valence-corrected chi connectivity index (χ3v) is 4.64. The summed E-state index contributed by atoms with van der Waals surface area (Å²) in [6.45, 7) is 2.73. The summed E-state index contributed by atoms with van der Waals surface area (Å²) in [5.74, 6) is 0.257. The number of carbonyl (C=O) groups excluding carboxylic acids is 1. The van der Waals surface area contributed by atoms with Crippen LogP contribution in [-0.2, 0) is 11.3 Å². The smallest absolute Gasteiger partial charge is 0.258 e. The lowest BCUT2D eigenvalue weighted by Crippen LogP contribution is -2.31. The number of H-pyrrole nitrogens is 1. The van der Waals surface area contributed by atoms with Crippen molar-refractivity contribution in [2.24, 2.45) is 0 Å². The quantitative estimate of drug-likeness (QED) is 0.594. The molecule has 1 N–H and O–H groups in total. The SMILES string of the molecule is CCCN(Cc1nc2cc(Cl)ccc2c(=O)[nH]1)C(=O)C=Cc1ccc(Cl)cc1. The fraction of sp³-hybridized carbons (Fsp3) is 0.190. The Morgan fingerprint density at radius 3 is 2.57 bits per heavy atom. The van der Waals surface area contributed by atoms with E-state index in [2.05, 4.69) is 9.97 Å². The molecule has 3 rings (SSSR count). The fourth-order valence-electron chi connectivity index (χ4n) is 2.80. The van der Waals surface area contributed by atoms with Crippen molar-refractivity contribution in [2.75, 3.05) is 6.54 Å². The molecule has 0 aliphatic rings. The molecule has 3 aromatic rings. The molecule has 0 aliphatic carbocycles. The minimum Gasteiger partial charge on any atom is -0.332 e. The van der Waals surface area contributed by atoms with Crippen LogP contribution in [0.3, 0.4) is 0 Å². The Bertz CT molecular complexity index is 1080. The van der Waals surface area contributed by atoms with E-state index in [1.807, 2.05) is 19.1 Å². The highest BCUT2D eigenvalue weighted by Crippen LogP contribution is 2.15. The van der Waals surface area contributed by atoms with Gasteiger partial charge < -0.3 is 9.88 Å². The number of nitrogens with one attached hydrogen (secondary N) is 1. The normalized spacial score (nSPS) is 11.2.